The number of anilines is 1. The summed E-state index contributed by atoms with van der Waals surface area (Å²) in [5.41, 5.74) is 4.09. The van der Waals surface area contributed by atoms with Gasteiger partial charge in [0.05, 0.1) is 27.4 Å². The number of hydrogen-bond acceptors (Lipinski definition) is 22. The third-order valence-electron chi connectivity index (χ3n) is 10.9. The molecule has 0 aromatic carbocycles. The second-order valence-corrected chi connectivity index (χ2v) is 22.5. The van der Waals surface area contributed by atoms with Crippen LogP contribution in [0.2, 0.25) is 0 Å². The van der Waals surface area contributed by atoms with Crippen molar-refractivity contribution in [3.8, 4) is 0 Å². The number of allylic oxidation sites excluding steroid dienone is 2. The maximum Gasteiger partial charge on any atom is 0.274 e. The van der Waals surface area contributed by atoms with Gasteiger partial charge >= 0.3 is 0 Å². The van der Waals surface area contributed by atoms with Gasteiger partial charge in [0.1, 0.15) is 36.3 Å². The summed E-state index contributed by atoms with van der Waals surface area (Å²) in [4.78, 5) is 96.9. The van der Waals surface area contributed by atoms with E-state index in [4.69, 9.17) is 10.5 Å². The predicted molar refractivity (Wildman–Crippen MR) is 247 cm³/mol. The van der Waals surface area contributed by atoms with Crippen LogP contribution in [0.3, 0.4) is 0 Å². The Bertz CT molecular complexity index is 2080. The van der Waals surface area contributed by atoms with Gasteiger partial charge in [-0.3, -0.25) is 28.1 Å². The van der Waals surface area contributed by atoms with Crippen LogP contribution in [0.25, 0.3) is 11.2 Å². The lowest BCUT2D eigenvalue weighted by molar-refractivity contribution is -0.347. The lowest BCUT2D eigenvalue weighted by atomic mass is 9.87. The Balaban J connectivity index is 1.28. The van der Waals surface area contributed by atoms with E-state index in [0.29, 0.717) is 12.2 Å². The van der Waals surface area contributed by atoms with Crippen molar-refractivity contribution in [3.63, 3.8) is 0 Å². The summed E-state index contributed by atoms with van der Waals surface area (Å²) in [5, 5.41) is 26.5. The number of carbonyl (C=O) groups is 3. The first kappa shape index (κ1) is 60.6. The lowest BCUT2D eigenvalue weighted by Gasteiger charge is -2.36. The molecule has 24 nitrogen and oxygen atoms in total. The molecule has 1 aliphatic rings. The Hall–Kier alpha value is -2.70. The Morgan fingerprint density at radius 2 is 1.49 bits per heavy atom. The number of aliphatic hydroxyl groups is 2. The van der Waals surface area contributed by atoms with E-state index >= 15 is 0 Å². The number of nitrogens with zero attached hydrogens (tertiary/aromatic N) is 4. The zero-order valence-electron chi connectivity index (χ0n) is 39.4. The molecule has 2 amide bonds. The second kappa shape index (κ2) is 30.4. The number of nitrogens with one attached hydrogen (secondary N) is 2. The fraction of sp³-hybridized carbons (Fsp3) is 0.756. The van der Waals surface area contributed by atoms with E-state index in [9.17, 15) is 57.9 Å². The minimum Gasteiger partial charge on any atom is -0.790 e. The molecule has 0 aliphatic carbocycles. The van der Waals surface area contributed by atoms with Gasteiger partial charge in [0.25, 0.3) is 15.6 Å². The third kappa shape index (κ3) is 23.2. The van der Waals surface area contributed by atoms with Gasteiger partial charge < -0.3 is 69.0 Å². The minimum absolute atomic E-state index is 0.0186. The molecule has 1 saturated heterocycles. The van der Waals surface area contributed by atoms with Crippen LogP contribution in [-0.2, 0) is 50.7 Å². The number of fused-ring (bicyclic) bond motifs is 1. The summed E-state index contributed by atoms with van der Waals surface area (Å²) in [5.74, 6) is -1.14. The maximum absolute atomic E-state index is 12.6. The molecule has 3 heterocycles. The summed E-state index contributed by atoms with van der Waals surface area (Å²) in [7, 11) is -17.6. The zero-order valence-corrected chi connectivity index (χ0v) is 42.9. The number of ether oxygens (including phenoxy) is 1. The number of rotatable bonds is 36. The van der Waals surface area contributed by atoms with Gasteiger partial charge in [-0.15, -0.1) is 0 Å². The molecule has 0 bridgehead atoms. The molecular formula is C41H68N7O17P3S-4. The van der Waals surface area contributed by atoms with Crippen molar-refractivity contribution in [2.24, 2.45) is 5.41 Å². The Labute approximate surface area is 407 Å². The average Bonchev–Trinajstić information content (AvgIpc) is 3.84. The van der Waals surface area contributed by atoms with Gasteiger partial charge in [0, 0.05) is 37.1 Å². The number of amides is 2. The van der Waals surface area contributed by atoms with Crippen LogP contribution in [0.1, 0.15) is 136 Å². The molecule has 1 aliphatic heterocycles. The average molecular weight is 1060 g/mol. The van der Waals surface area contributed by atoms with E-state index in [0.717, 1.165) is 73.9 Å². The molecule has 394 valence electrons. The summed E-state index contributed by atoms with van der Waals surface area (Å²) >= 11 is 1.14. The van der Waals surface area contributed by atoms with E-state index in [2.05, 4.69) is 62.5 Å². The molecule has 1 fully saturated rings. The Morgan fingerprint density at radius 3 is 2.13 bits per heavy atom. The number of nitrogens with two attached hydrogens (primary N) is 1. The highest BCUT2D eigenvalue weighted by Crippen LogP contribution is 2.56. The molecule has 7 atom stereocenters. The zero-order chi connectivity index (χ0) is 51.1. The van der Waals surface area contributed by atoms with Gasteiger partial charge in [-0.1, -0.05) is 109 Å². The second-order valence-electron chi connectivity index (χ2n) is 17.2. The molecule has 0 saturated carbocycles. The normalized spacial score (nSPS) is 20.0. The number of phosphoric acid groups is 3. The van der Waals surface area contributed by atoms with Crippen molar-refractivity contribution >= 4 is 69.1 Å². The number of aliphatic hydroxyl groups excluding tert-OH is 2. The van der Waals surface area contributed by atoms with Gasteiger partial charge in [-0.05, 0) is 32.1 Å². The number of unbranched alkanes of at least 4 members (excludes halogenated alkanes) is 13. The van der Waals surface area contributed by atoms with Gasteiger partial charge in [-0.25, -0.2) is 19.3 Å². The molecule has 2 unspecified atom stereocenters. The van der Waals surface area contributed by atoms with Crippen molar-refractivity contribution < 1.29 is 80.5 Å². The Kier molecular flexibility index (Phi) is 26.7. The first-order valence-electron chi connectivity index (χ1n) is 23.2. The fourth-order valence-electron chi connectivity index (χ4n) is 7.04. The molecule has 2 aromatic heterocycles. The van der Waals surface area contributed by atoms with E-state index in [-0.39, 0.29) is 41.6 Å². The molecule has 0 spiro atoms. The first-order chi connectivity index (χ1) is 32.6. The number of thioether (sulfide) groups is 1. The number of aromatic nitrogens is 4. The monoisotopic (exact) mass is 1060 g/mol. The van der Waals surface area contributed by atoms with Crippen LogP contribution in [0.4, 0.5) is 5.82 Å². The maximum atomic E-state index is 12.6. The summed E-state index contributed by atoms with van der Waals surface area (Å²) in [6, 6.07) is 0. The molecule has 28 heteroatoms. The van der Waals surface area contributed by atoms with E-state index < -0.39 is 84.6 Å². The SMILES string of the molecule is CCCCCCCCCC/C=C\CCCCCCCC(=O)SCCNC(=O)CCNC(=O)[C@H](O)C(C)(C)COP(=O)([O-])OP(=O)([O-])OC[C@H]1O[C@@H](n2cnc3c(N)ncnc32)[C@H](O)[C@@H]1OP(=O)([O-])[O-]. The topological polar surface area (TPSA) is 375 Å². The van der Waals surface area contributed by atoms with Crippen molar-refractivity contribution in [2.75, 3.05) is 37.8 Å². The van der Waals surface area contributed by atoms with Gasteiger partial charge in [-0.2, -0.15) is 0 Å². The summed E-state index contributed by atoms with van der Waals surface area (Å²) in [6.45, 7) is 2.41. The molecular weight excluding hydrogens is 987 g/mol. The molecule has 6 N–H and O–H groups in total. The quantitative estimate of drug-likeness (QED) is 0.0372. The van der Waals surface area contributed by atoms with Crippen LogP contribution in [0, 0.1) is 5.41 Å². The predicted octanol–water partition coefficient (Wildman–Crippen LogP) is 2.95. The van der Waals surface area contributed by atoms with Gasteiger partial charge in [0.15, 0.2) is 22.8 Å². The number of nitrogen functional groups attached to an aromatic ring is 1. The number of imidazole rings is 1. The molecule has 0 radical (unpaired) electrons. The largest absolute Gasteiger partial charge is 0.790 e. The highest BCUT2D eigenvalue weighted by Gasteiger charge is 2.47. The highest BCUT2D eigenvalue weighted by atomic mass is 32.2. The third-order valence-corrected chi connectivity index (χ3v) is 14.8. The molecule has 69 heavy (non-hydrogen) atoms. The number of hydrogen-bond donors (Lipinski definition) is 5. The lowest BCUT2D eigenvalue weighted by Crippen LogP contribution is -2.46. The summed E-state index contributed by atoms with van der Waals surface area (Å²) < 4.78 is 60.8. The number of phosphoric ester groups is 3. The summed E-state index contributed by atoms with van der Waals surface area (Å²) in [6.07, 6.45) is 15.5. The fourth-order valence-corrected chi connectivity index (χ4v) is 10.5. The highest BCUT2D eigenvalue weighted by molar-refractivity contribution is 8.13. The van der Waals surface area contributed by atoms with Crippen LogP contribution >= 0.6 is 35.2 Å². The molecule has 3 rings (SSSR count). The van der Waals surface area contributed by atoms with E-state index in [1.54, 1.807) is 0 Å². The van der Waals surface area contributed by atoms with Crippen LogP contribution in [-0.4, -0.2) is 103 Å². The minimum atomic E-state index is -5.92. The van der Waals surface area contributed by atoms with Crippen LogP contribution < -0.4 is 35.9 Å². The number of carbonyl (C=O) groups excluding carboxylic acids is 3. The van der Waals surface area contributed by atoms with E-state index in [1.807, 2.05) is 0 Å². The van der Waals surface area contributed by atoms with Crippen molar-refractivity contribution in [3.05, 3.63) is 24.8 Å². The first-order valence-corrected chi connectivity index (χ1v) is 28.5. The van der Waals surface area contributed by atoms with Crippen molar-refractivity contribution in [2.45, 2.75) is 161 Å². The standard InChI is InChI=1S/C41H72N7O17P3S/c1-4-5-6-7-8-9-10-11-12-13-14-15-16-17-18-19-20-21-32(50)69-25-24-43-31(49)22-23-44-39(53)36(52)41(2,3)27-62-68(59,60)65-67(57,58)61-26-30-35(64-66(54,55)56)34(51)40(63-30)48-29-47-33-37(42)45-28-46-38(33)48/h13-14,28-30,34-36,40,51-52H,4-12,15-27H2,1-3H3,(H,43,49)(H,44,53)(H,57,58)(H,59,60)(H2,42,45,46)(H2,54,55,56)/p-4/b14-13-/t30-,34-,35-,36+,40-/m1/s1. The Morgan fingerprint density at radius 1 is 0.884 bits per heavy atom. The van der Waals surface area contributed by atoms with Crippen LogP contribution in [0.5, 0.6) is 0 Å². The smallest absolute Gasteiger partial charge is 0.274 e. The molecule has 2 aromatic rings. The van der Waals surface area contributed by atoms with E-state index in [1.165, 1.54) is 65.2 Å². The van der Waals surface area contributed by atoms with Crippen molar-refractivity contribution in [1.29, 1.82) is 0 Å². The van der Waals surface area contributed by atoms with Crippen molar-refractivity contribution in [1.82, 2.24) is 30.2 Å². The van der Waals surface area contributed by atoms with Gasteiger partial charge in [0.2, 0.25) is 11.8 Å². The van der Waals surface area contributed by atoms with Crippen LogP contribution in [0.15, 0.2) is 24.8 Å².